The number of methoxy groups -OCH3 is 2. The number of ether oxygens (including phenoxy) is 2. The molecule has 0 aromatic heterocycles. The lowest BCUT2D eigenvalue weighted by molar-refractivity contribution is -0.305. The molecule has 5 heteroatoms. The van der Waals surface area contributed by atoms with Gasteiger partial charge in [0.1, 0.15) is 11.5 Å². The Balaban J connectivity index is 2.93. The van der Waals surface area contributed by atoms with E-state index in [4.69, 9.17) is 9.47 Å². The lowest BCUT2D eigenvalue weighted by Crippen LogP contribution is -2.22. The van der Waals surface area contributed by atoms with Crippen LogP contribution in [0, 0.1) is 0 Å². The number of ketones is 1. The Labute approximate surface area is 99.0 Å². The Morgan fingerprint density at radius 2 is 1.88 bits per heavy atom. The number of Topliss-reactive ketones (excluding diaryl/α,β-unsaturated/α-hetero) is 1. The van der Waals surface area contributed by atoms with Gasteiger partial charge in [-0.25, -0.2) is 0 Å². The van der Waals surface area contributed by atoms with E-state index in [-0.39, 0.29) is 18.6 Å². The van der Waals surface area contributed by atoms with Crippen molar-refractivity contribution in [2.75, 3.05) is 14.2 Å². The third kappa shape index (κ3) is 3.48. The van der Waals surface area contributed by atoms with E-state index in [1.165, 1.54) is 20.3 Å². The Bertz CT molecular complexity index is 425. The summed E-state index contributed by atoms with van der Waals surface area (Å²) in [5.74, 6) is -0.651. The molecule has 0 saturated heterocycles. The fourth-order valence-electron chi connectivity index (χ4n) is 1.38. The van der Waals surface area contributed by atoms with Gasteiger partial charge in [0.05, 0.1) is 19.8 Å². The van der Waals surface area contributed by atoms with Crippen LogP contribution in [0.3, 0.4) is 0 Å². The molecule has 92 valence electrons. The lowest BCUT2D eigenvalue weighted by Gasteiger charge is -2.09. The second kappa shape index (κ2) is 5.89. The maximum absolute atomic E-state index is 11.8. The molecule has 1 aromatic rings. The van der Waals surface area contributed by atoms with Crippen LogP contribution in [-0.2, 0) is 4.79 Å². The van der Waals surface area contributed by atoms with Crippen molar-refractivity contribution in [2.24, 2.45) is 0 Å². The number of hydrogen-bond acceptors (Lipinski definition) is 5. The van der Waals surface area contributed by atoms with E-state index in [0.29, 0.717) is 17.1 Å². The summed E-state index contributed by atoms with van der Waals surface area (Å²) < 4.78 is 10.0. The van der Waals surface area contributed by atoms with Gasteiger partial charge in [-0.2, -0.15) is 0 Å². The van der Waals surface area contributed by atoms with Gasteiger partial charge in [-0.15, -0.1) is 0 Å². The van der Waals surface area contributed by atoms with Crippen LogP contribution in [0.5, 0.6) is 11.5 Å². The zero-order valence-electron chi connectivity index (χ0n) is 9.69. The summed E-state index contributed by atoms with van der Waals surface area (Å²) in [5.41, 5.74) is 0.313. The summed E-state index contributed by atoms with van der Waals surface area (Å²) in [6.07, 6.45) is -0.426. The van der Waals surface area contributed by atoms with Gasteiger partial charge < -0.3 is 19.4 Å². The average Bonchev–Trinajstić information content (AvgIpc) is 2.34. The molecule has 0 amide bonds. The van der Waals surface area contributed by atoms with Crippen LogP contribution in [0.4, 0.5) is 0 Å². The first kappa shape index (κ1) is 13.0. The van der Waals surface area contributed by atoms with Crippen molar-refractivity contribution in [2.45, 2.75) is 12.8 Å². The summed E-state index contributed by atoms with van der Waals surface area (Å²) >= 11 is 0. The number of carbonyl (C=O) groups excluding carboxylic acids is 2. The highest BCUT2D eigenvalue weighted by Crippen LogP contribution is 2.25. The molecule has 0 aliphatic carbocycles. The van der Waals surface area contributed by atoms with Gasteiger partial charge in [-0.1, -0.05) is 0 Å². The quantitative estimate of drug-likeness (QED) is 0.670. The molecule has 1 rings (SSSR count). The highest BCUT2D eigenvalue weighted by molar-refractivity contribution is 6.00. The van der Waals surface area contributed by atoms with E-state index in [9.17, 15) is 14.7 Å². The minimum absolute atomic E-state index is 0.119. The molecule has 0 saturated carbocycles. The van der Waals surface area contributed by atoms with Crippen molar-refractivity contribution in [1.29, 1.82) is 0 Å². The number of aliphatic carboxylic acids is 1. The lowest BCUT2D eigenvalue weighted by atomic mass is 10.1. The highest BCUT2D eigenvalue weighted by atomic mass is 16.5. The van der Waals surface area contributed by atoms with Crippen LogP contribution in [0.25, 0.3) is 0 Å². The Morgan fingerprint density at radius 3 is 2.41 bits per heavy atom. The molecule has 0 bridgehead atoms. The summed E-state index contributed by atoms with van der Waals surface area (Å²) in [6, 6.07) is 4.79. The third-order valence-electron chi connectivity index (χ3n) is 2.26. The van der Waals surface area contributed by atoms with Crippen molar-refractivity contribution in [3.63, 3.8) is 0 Å². The zero-order chi connectivity index (χ0) is 12.8. The molecule has 0 N–H and O–H groups in total. The van der Waals surface area contributed by atoms with E-state index in [1.54, 1.807) is 12.1 Å². The predicted octanol–water partition coefficient (Wildman–Crippen LogP) is 0.417. The minimum atomic E-state index is -1.25. The molecule has 17 heavy (non-hydrogen) atoms. The summed E-state index contributed by atoms with van der Waals surface area (Å²) in [4.78, 5) is 22.1. The minimum Gasteiger partial charge on any atom is -0.550 e. The second-order valence-electron chi connectivity index (χ2n) is 3.36. The number of rotatable bonds is 6. The third-order valence-corrected chi connectivity index (χ3v) is 2.26. The molecule has 0 unspecified atom stereocenters. The molecular weight excluding hydrogens is 224 g/mol. The van der Waals surface area contributed by atoms with Crippen LogP contribution < -0.4 is 14.6 Å². The average molecular weight is 237 g/mol. The molecule has 5 nitrogen and oxygen atoms in total. The summed E-state index contributed by atoms with van der Waals surface area (Å²) in [5, 5.41) is 10.3. The van der Waals surface area contributed by atoms with E-state index in [2.05, 4.69) is 0 Å². The number of carboxylic acid groups (broad SMARTS) is 1. The molecule has 0 spiro atoms. The van der Waals surface area contributed by atoms with Crippen LogP contribution in [0.15, 0.2) is 18.2 Å². The molecule has 1 aromatic carbocycles. The molecular formula is C12H13O5-. The number of benzene rings is 1. The standard InChI is InChI=1S/C12H14O5/c1-16-8-3-5-11(17-2)9(7-8)10(13)4-6-12(14)15/h3,5,7H,4,6H2,1-2H3,(H,14,15)/p-1. The molecule has 0 heterocycles. The first-order valence-corrected chi connectivity index (χ1v) is 5.03. The van der Waals surface area contributed by atoms with Crippen molar-refractivity contribution >= 4 is 11.8 Å². The number of carbonyl (C=O) groups is 2. The van der Waals surface area contributed by atoms with Crippen LogP contribution in [-0.4, -0.2) is 26.0 Å². The molecule has 0 aliphatic heterocycles. The van der Waals surface area contributed by atoms with Gasteiger partial charge in [0.2, 0.25) is 0 Å². The highest BCUT2D eigenvalue weighted by Gasteiger charge is 2.13. The van der Waals surface area contributed by atoms with Gasteiger partial charge in [0.15, 0.2) is 5.78 Å². The monoisotopic (exact) mass is 237 g/mol. The van der Waals surface area contributed by atoms with E-state index < -0.39 is 5.97 Å². The topological polar surface area (TPSA) is 75.7 Å². The normalized spacial score (nSPS) is 9.76. The van der Waals surface area contributed by atoms with E-state index in [1.807, 2.05) is 0 Å². The van der Waals surface area contributed by atoms with Gasteiger partial charge >= 0.3 is 0 Å². The van der Waals surface area contributed by atoms with E-state index in [0.717, 1.165) is 0 Å². The Hall–Kier alpha value is -2.04. The maximum atomic E-state index is 11.8. The molecule has 0 fully saturated rings. The zero-order valence-corrected chi connectivity index (χ0v) is 9.69. The fourth-order valence-corrected chi connectivity index (χ4v) is 1.38. The van der Waals surface area contributed by atoms with E-state index >= 15 is 0 Å². The van der Waals surface area contributed by atoms with Crippen LogP contribution >= 0.6 is 0 Å². The van der Waals surface area contributed by atoms with Gasteiger partial charge in [0, 0.05) is 12.4 Å². The second-order valence-corrected chi connectivity index (χ2v) is 3.36. The summed E-state index contributed by atoms with van der Waals surface area (Å²) in [7, 11) is 2.93. The SMILES string of the molecule is COc1ccc(OC)c(C(=O)CCC(=O)[O-])c1. The predicted molar refractivity (Wildman–Crippen MR) is 58.1 cm³/mol. The van der Waals surface area contributed by atoms with Crippen LogP contribution in [0.1, 0.15) is 23.2 Å². The largest absolute Gasteiger partial charge is 0.550 e. The molecule has 0 atom stereocenters. The van der Waals surface area contributed by atoms with Crippen molar-refractivity contribution in [3.8, 4) is 11.5 Å². The van der Waals surface area contributed by atoms with Gasteiger partial charge in [-0.05, 0) is 24.6 Å². The maximum Gasteiger partial charge on any atom is 0.167 e. The molecule has 0 radical (unpaired) electrons. The Morgan fingerprint density at radius 1 is 1.18 bits per heavy atom. The Kier molecular flexibility index (Phi) is 4.51. The van der Waals surface area contributed by atoms with Crippen molar-refractivity contribution in [3.05, 3.63) is 23.8 Å². The van der Waals surface area contributed by atoms with Gasteiger partial charge in [-0.3, -0.25) is 4.79 Å². The first-order valence-electron chi connectivity index (χ1n) is 5.03. The smallest absolute Gasteiger partial charge is 0.167 e. The van der Waals surface area contributed by atoms with Crippen LogP contribution in [0.2, 0.25) is 0 Å². The summed E-state index contributed by atoms with van der Waals surface area (Å²) in [6.45, 7) is 0. The van der Waals surface area contributed by atoms with Crippen molar-refractivity contribution in [1.82, 2.24) is 0 Å². The number of carboxylic acids is 1. The first-order chi connectivity index (χ1) is 8.08. The van der Waals surface area contributed by atoms with Crippen molar-refractivity contribution < 1.29 is 24.2 Å². The number of hydrogen-bond donors (Lipinski definition) is 0. The van der Waals surface area contributed by atoms with Gasteiger partial charge in [0.25, 0.3) is 0 Å². The molecule has 0 aliphatic rings. The fraction of sp³-hybridized carbons (Fsp3) is 0.333.